The molecule has 2 unspecified atom stereocenters. The molecule has 0 aliphatic carbocycles. The Kier molecular flexibility index (Phi) is 6.11. The lowest BCUT2D eigenvalue weighted by Crippen LogP contribution is -2.37. The van der Waals surface area contributed by atoms with Crippen LogP contribution in [-0.4, -0.2) is 28.9 Å². The number of nitrogens with zero attached hydrogens (tertiary/aromatic N) is 1. The largest absolute Gasteiger partial charge is 0.298 e. The second kappa shape index (κ2) is 6.84. The Labute approximate surface area is 97.4 Å². The normalized spacial score (nSPS) is 25.5. The van der Waals surface area contributed by atoms with E-state index >= 15 is 0 Å². The third-order valence-corrected chi connectivity index (χ3v) is 3.93. The zero-order chi connectivity index (χ0) is 10.4. The molecule has 0 saturated carbocycles. The summed E-state index contributed by atoms with van der Waals surface area (Å²) >= 11 is 3.53. The van der Waals surface area contributed by atoms with Crippen molar-refractivity contribution in [2.24, 2.45) is 0 Å². The predicted molar refractivity (Wildman–Crippen MR) is 67.1 cm³/mol. The van der Waals surface area contributed by atoms with E-state index in [0.29, 0.717) is 0 Å². The van der Waals surface area contributed by atoms with Crippen LogP contribution in [0.1, 0.15) is 52.4 Å². The van der Waals surface area contributed by atoms with Gasteiger partial charge in [0, 0.05) is 17.4 Å². The van der Waals surface area contributed by atoms with Crippen LogP contribution in [0.2, 0.25) is 0 Å². The van der Waals surface area contributed by atoms with Crippen LogP contribution in [0.25, 0.3) is 0 Å². The van der Waals surface area contributed by atoms with Gasteiger partial charge >= 0.3 is 0 Å². The van der Waals surface area contributed by atoms with E-state index in [4.69, 9.17) is 0 Å². The van der Waals surface area contributed by atoms with Gasteiger partial charge in [-0.2, -0.15) is 0 Å². The smallest absolute Gasteiger partial charge is 0.00988 e. The maximum Gasteiger partial charge on any atom is 0.00988 e. The van der Waals surface area contributed by atoms with Gasteiger partial charge in [-0.25, -0.2) is 0 Å². The predicted octanol–water partition coefficient (Wildman–Crippen LogP) is 3.81. The number of halogens is 1. The SMILES string of the molecule is CCCC(C)N1CCCC1CCCBr. The highest BCUT2D eigenvalue weighted by Gasteiger charge is 2.26. The minimum absolute atomic E-state index is 0.808. The molecule has 1 rings (SSSR count). The van der Waals surface area contributed by atoms with Crippen molar-refractivity contribution in [3.8, 4) is 0 Å². The molecule has 2 heteroatoms. The second-order valence-corrected chi connectivity index (χ2v) is 5.30. The summed E-state index contributed by atoms with van der Waals surface area (Å²) in [7, 11) is 0. The summed E-state index contributed by atoms with van der Waals surface area (Å²) in [6, 6.07) is 1.69. The zero-order valence-electron chi connectivity index (χ0n) is 9.64. The fraction of sp³-hybridized carbons (Fsp3) is 1.00. The average Bonchev–Trinajstić information content (AvgIpc) is 2.63. The monoisotopic (exact) mass is 261 g/mol. The van der Waals surface area contributed by atoms with Crippen LogP contribution in [0, 0.1) is 0 Å². The van der Waals surface area contributed by atoms with Crippen LogP contribution in [0.4, 0.5) is 0 Å². The molecule has 1 heterocycles. The molecular weight excluding hydrogens is 238 g/mol. The lowest BCUT2D eigenvalue weighted by molar-refractivity contribution is 0.174. The maximum absolute atomic E-state index is 3.53. The van der Waals surface area contributed by atoms with E-state index in [0.717, 1.165) is 12.1 Å². The number of hydrogen-bond acceptors (Lipinski definition) is 1. The van der Waals surface area contributed by atoms with E-state index in [1.807, 2.05) is 0 Å². The van der Waals surface area contributed by atoms with Crippen LogP contribution in [0.5, 0.6) is 0 Å². The molecule has 14 heavy (non-hydrogen) atoms. The molecule has 0 radical (unpaired) electrons. The van der Waals surface area contributed by atoms with Crippen LogP contribution in [0.15, 0.2) is 0 Å². The summed E-state index contributed by atoms with van der Waals surface area (Å²) in [5.41, 5.74) is 0. The van der Waals surface area contributed by atoms with Crippen molar-refractivity contribution in [3.05, 3.63) is 0 Å². The molecule has 1 aliphatic heterocycles. The van der Waals surface area contributed by atoms with Crippen molar-refractivity contribution in [3.63, 3.8) is 0 Å². The molecular formula is C12H24BrN. The lowest BCUT2D eigenvalue weighted by atomic mass is 10.1. The number of hydrogen-bond donors (Lipinski definition) is 0. The molecule has 0 aromatic heterocycles. The van der Waals surface area contributed by atoms with E-state index in [1.165, 1.54) is 50.4 Å². The van der Waals surface area contributed by atoms with Gasteiger partial charge in [0.1, 0.15) is 0 Å². The van der Waals surface area contributed by atoms with E-state index < -0.39 is 0 Å². The van der Waals surface area contributed by atoms with Gasteiger partial charge in [0.25, 0.3) is 0 Å². The summed E-state index contributed by atoms with van der Waals surface area (Å²) < 4.78 is 0. The summed E-state index contributed by atoms with van der Waals surface area (Å²) in [6.45, 7) is 6.03. The third kappa shape index (κ3) is 3.54. The second-order valence-electron chi connectivity index (χ2n) is 4.50. The maximum atomic E-state index is 3.53. The number of alkyl halides is 1. The van der Waals surface area contributed by atoms with Crippen molar-refractivity contribution < 1.29 is 0 Å². The molecule has 0 amide bonds. The molecule has 84 valence electrons. The van der Waals surface area contributed by atoms with Crippen LogP contribution >= 0.6 is 15.9 Å². The fourth-order valence-corrected chi connectivity index (χ4v) is 2.97. The highest BCUT2D eigenvalue weighted by Crippen LogP contribution is 2.25. The summed E-state index contributed by atoms with van der Waals surface area (Å²) in [4.78, 5) is 2.74. The molecule has 1 aliphatic rings. The van der Waals surface area contributed by atoms with Gasteiger partial charge in [-0.1, -0.05) is 29.3 Å². The minimum atomic E-state index is 0.808. The van der Waals surface area contributed by atoms with Crippen LogP contribution < -0.4 is 0 Å². The quantitative estimate of drug-likeness (QED) is 0.658. The third-order valence-electron chi connectivity index (χ3n) is 3.37. The molecule has 0 bridgehead atoms. The Morgan fingerprint density at radius 2 is 2.29 bits per heavy atom. The van der Waals surface area contributed by atoms with Gasteiger partial charge in [0.2, 0.25) is 0 Å². The van der Waals surface area contributed by atoms with Gasteiger partial charge in [-0.05, 0) is 45.6 Å². The van der Waals surface area contributed by atoms with Crippen molar-refractivity contribution in [1.29, 1.82) is 0 Å². The first-order chi connectivity index (χ1) is 6.79. The molecule has 0 aromatic carbocycles. The van der Waals surface area contributed by atoms with Crippen LogP contribution in [0.3, 0.4) is 0 Å². The Morgan fingerprint density at radius 3 is 2.93 bits per heavy atom. The standard InChI is InChI=1S/C12H24BrN/c1-3-6-11(2)14-10-5-8-12(14)7-4-9-13/h11-12H,3-10H2,1-2H3. The van der Waals surface area contributed by atoms with Crippen molar-refractivity contribution in [1.82, 2.24) is 4.90 Å². The average molecular weight is 262 g/mol. The molecule has 0 spiro atoms. The first-order valence-corrected chi connectivity index (χ1v) is 7.23. The summed E-state index contributed by atoms with van der Waals surface area (Å²) in [6.07, 6.45) is 8.26. The van der Waals surface area contributed by atoms with Crippen molar-refractivity contribution >= 4 is 15.9 Å². The van der Waals surface area contributed by atoms with Crippen LogP contribution in [-0.2, 0) is 0 Å². The molecule has 0 N–H and O–H groups in total. The van der Waals surface area contributed by atoms with Crippen molar-refractivity contribution in [2.45, 2.75) is 64.5 Å². The van der Waals surface area contributed by atoms with Gasteiger partial charge in [-0.15, -0.1) is 0 Å². The van der Waals surface area contributed by atoms with Gasteiger partial charge in [-0.3, -0.25) is 4.90 Å². The lowest BCUT2D eigenvalue weighted by Gasteiger charge is -2.30. The van der Waals surface area contributed by atoms with Crippen molar-refractivity contribution in [2.75, 3.05) is 11.9 Å². The summed E-state index contributed by atoms with van der Waals surface area (Å²) in [5, 5.41) is 1.17. The molecule has 1 saturated heterocycles. The number of likely N-dealkylation sites (tertiary alicyclic amines) is 1. The topological polar surface area (TPSA) is 3.24 Å². The van der Waals surface area contributed by atoms with E-state index in [9.17, 15) is 0 Å². The van der Waals surface area contributed by atoms with Gasteiger partial charge < -0.3 is 0 Å². The van der Waals surface area contributed by atoms with E-state index in [2.05, 4.69) is 34.7 Å². The first-order valence-electron chi connectivity index (χ1n) is 6.11. The zero-order valence-corrected chi connectivity index (χ0v) is 11.2. The van der Waals surface area contributed by atoms with Gasteiger partial charge in [0.15, 0.2) is 0 Å². The first kappa shape index (κ1) is 12.5. The van der Waals surface area contributed by atoms with E-state index in [-0.39, 0.29) is 0 Å². The molecule has 1 fully saturated rings. The highest BCUT2D eigenvalue weighted by molar-refractivity contribution is 9.09. The summed E-state index contributed by atoms with van der Waals surface area (Å²) in [5.74, 6) is 0. The molecule has 0 aromatic rings. The Bertz CT molecular complexity index is 149. The Hall–Kier alpha value is 0.440. The Morgan fingerprint density at radius 1 is 1.50 bits per heavy atom. The fourth-order valence-electron chi connectivity index (χ4n) is 2.64. The Balaban J connectivity index is 2.33. The molecule has 1 nitrogen and oxygen atoms in total. The number of rotatable bonds is 6. The highest BCUT2D eigenvalue weighted by atomic mass is 79.9. The van der Waals surface area contributed by atoms with Gasteiger partial charge in [0.05, 0.1) is 0 Å². The molecule has 2 atom stereocenters. The minimum Gasteiger partial charge on any atom is -0.298 e. The van der Waals surface area contributed by atoms with E-state index in [1.54, 1.807) is 0 Å².